The molecule has 104 valence electrons. The Labute approximate surface area is 119 Å². The number of rotatable bonds is 7. The quantitative estimate of drug-likeness (QED) is 0.440. The first-order valence-corrected chi connectivity index (χ1v) is 7.76. The van der Waals surface area contributed by atoms with Crippen molar-refractivity contribution in [1.29, 1.82) is 0 Å². The Bertz CT molecular complexity index is 417. The van der Waals surface area contributed by atoms with E-state index >= 15 is 0 Å². The highest BCUT2D eigenvalue weighted by molar-refractivity contribution is 5.33. The van der Waals surface area contributed by atoms with Gasteiger partial charge in [0.2, 0.25) is 0 Å². The zero-order valence-corrected chi connectivity index (χ0v) is 12.9. The molecular formula is C19H28. The average Bonchev–Trinajstić information content (AvgIpc) is 2.40. The van der Waals surface area contributed by atoms with Crippen LogP contribution in [0.3, 0.4) is 0 Å². The lowest BCUT2D eigenvalue weighted by molar-refractivity contribution is 0.614. The Balaban J connectivity index is 2.19. The van der Waals surface area contributed by atoms with Crippen molar-refractivity contribution < 1.29 is 0 Å². The van der Waals surface area contributed by atoms with Gasteiger partial charge < -0.3 is 0 Å². The first-order chi connectivity index (χ1) is 9.24. The van der Waals surface area contributed by atoms with Crippen LogP contribution in [0.15, 0.2) is 18.2 Å². The summed E-state index contributed by atoms with van der Waals surface area (Å²) in [6.45, 7) is 6.58. The molecule has 0 aliphatic heterocycles. The Morgan fingerprint density at radius 1 is 0.895 bits per heavy atom. The van der Waals surface area contributed by atoms with Crippen molar-refractivity contribution >= 4 is 0 Å². The van der Waals surface area contributed by atoms with Crippen molar-refractivity contribution in [3.8, 4) is 11.8 Å². The molecule has 0 heteroatoms. The molecule has 0 saturated heterocycles. The largest absolute Gasteiger partial charge is 0.103 e. The summed E-state index contributed by atoms with van der Waals surface area (Å²) in [5, 5.41) is 0. The summed E-state index contributed by atoms with van der Waals surface area (Å²) in [5.41, 5.74) is 4.08. The standard InChI is InChI=1S/C19H28/c1-4-5-6-7-8-9-10-11-12-13-19-16-17(2)14-15-18(19)3/h14-16H,4-10,13H2,1-3H3. The third-order valence-electron chi connectivity index (χ3n) is 3.56. The molecule has 0 radical (unpaired) electrons. The van der Waals surface area contributed by atoms with E-state index in [9.17, 15) is 0 Å². The van der Waals surface area contributed by atoms with Crippen LogP contribution in [-0.2, 0) is 6.42 Å². The lowest BCUT2D eigenvalue weighted by Crippen LogP contribution is -1.88. The average molecular weight is 256 g/mol. The molecule has 0 fully saturated rings. The van der Waals surface area contributed by atoms with Gasteiger partial charge in [-0.3, -0.25) is 0 Å². The van der Waals surface area contributed by atoms with E-state index in [4.69, 9.17) is 0 Å². The van der Waals surface area contributed by atoms with Crippen LogP contribution < -0.4 is 0 Å². The molecule has 0 spiro atoms. The first-order valence-electron chi connectivity index (χ1n) is 7.76. The van der Waals surface area contributed by atoms with Gasteiger partial charge in [-0.05, 0) is 31.4 Å². The summed E-state index contributed by atoms with van der Waals surface area (Å²) in [6, 6.07) is 6.62. The SMILES string of the molecule is CCCCCCCCC#CCc1cc(C)ccc1C. The van der Waals surface area contributed by atoms with Crippen LogP contribution in [0.2, 0.25) is 0 Å². The molecule has 0 atom stereocenters. The van der Waals surface area contributed by atoms with Crippen LogP contribution in [-0.4, -0.2) is 0 Å². The number of aryl methyl sites for hydroxylation is 2. The van der Waals surface area contributed by atoms with Gasteiger partial charge in [0.15, 0.2) is 0 Å². The molecule has 0 nitrogen and oxygen atoms in total. The van der Waals surface area contributed by atoms with Crippen LogP contribution in [0, 0.1) is 25.7 Å². The first kappa shape index (κ1) is 15.8. The lowest BCUT2D eigenvalue weighted by Gasteiger charge is -2.02. The van der Waals surface area contributed by atoms with E-state index < -0.39 is 0 Å². The molecule has 0 heterocycles. The van der Waals surface area contributed by atoms with Gasteiger partial charge in [-0.25, -0.2) is 0 Å². The van der Waals surface area contributed by atoms with Gasteiger partial charge in [0.25, 0.3) is 0 Å². The molecule has 0 amide bonds. The number of hydrogen-bond acceptors (Lipinski definition) is 0. The summed E-state index contributed by atoms with van der Waals surface area (Å²) in [4.78, 5) is 0. The van der Waals surface area contributed by atoms with Crippen molar-refractivity contribution in [3.63, 3.8) is 0 Å². The fourth-order valence-electron chi connectivity index (χ4n) is 2.23. The van der Waals surface area contributed by atoms with Crippen molar-refractivity contribution in [2.45, 2.75) is 72.1 Å². The summed E-state index contributed by atoms with van der Waals surface area (Å²) in [5.74, 6) is 6.64. The molecular weight excluding hydrogens is 228 g/mol. The van der Waals surface area contributed by atoms with Crippen LogP contribution in [0.1, 0.15) is 68.6 Å². The van der Waals surface area contributed by atoms with Gasteiger partial charge in [0.1, 0.15) is 0 Å². The molecule has 0 N–H and O–H groups in total. The third kappa shape index (κ3) is 7.06. The highest BCUT2D eigenvalue weighted by Gasteiger charge is 1.95. The molecule has 0 aromatic heterocycles. The summed E-state index contributed by atoms with van der Waals surface area (Å²) in [6.07, 6.45) is 10.1. The normalized spacial score (nSPS) is 10.1. The van der Waals surface area contributed by atoms with Crippen LogP contribution >= 0.6 is 0 Å². The van der Waals surface area contributed by atoms with Gasteiger partial charge in [0, 0.05) is 12.8 Å². The van der Waals surface area contributed by atoms with Crippen molar-refractivity contribution in [3.05, 3.63) is 34.9 Å². The maximum absolute atomic E-state index is 3.32. The number of benzene rings is 1. The fraction of sp³-hybridized carbons (Fsp3) is 0.579. The topological polar surface area (TPSA) is 0 Å². The van der Waals surface area contributed by atoms with Crippen LogP contribution in [0.5, 0.6) is 0 Å². The second-order valence-corrected chi connectivity index (χ2v) is 5.48. The summed E-state index contributed by atoms with van der Waals surface area (Å²) < 4.78 is 0. The Morgan fingerprint density at radius 3 is 2.42 bits per heavy atom. The fourth-order valence-corrected chi connectivity index (χ4v) is 2.23. The Morgan fingerprint density at radius 2 is 1.63 bits per heavy atom. The number of unbranched alkanes of at least 4 members (excludes halogenated alkanes) is 6. The molecule has 0 aliphatic carbocycles. The van der Waals surface area contributed by atoms with Gasteiger partial charge in [-0.1, -0.05) is 68.7 Å². The molecule has 0 unspecified atom stereocenters. The van der Waals surface area contributed by atoms with Gasteiger partial charge in [0.05, 0.1) is 0 Å². The molecule has 19 heavy (non-hydrogen) atoms. The van der Waals surface area contributed by atoms with Crippen LogP contribution in [0.4, 0.5) is 0 Å². The second-order valence-electron chi connectivity index (χ2n) is 5.48. The van der Waals surface area contributed by atoms with Crippen LogP contribution in [0.25, 0.3) is 0 Å². The monoisotopic (exact) mass is 256 g/mol. The minimum atomic E-state index is 0.906. The van der Waals surface area contributed by atoms with Gasteiger partial charge in [-0.15, -0.1) is 5.92 Å². The molecule has 0 saturated carbocycles. The Hall–Kier alpha value is -1.22. The van der Waals surface area contributed by atoms with E-state index in [1.54, 1.807) is 0 Å². The summed E-state index contributed by atoms with van der Waals surface area (Å²) >= 11 is 0. The lowest BCUT2D eigenvalue weighted by atomic mass is 10.0. The van der Waals surface area contributed by atoms with Crippen molar-refractivity contribution in [2.24, 2.45) is 0 Å². The third-order valence-corrected chi connectivity index (χ3v) is 3.56. The highest BCUT2D eigenvalue weighted by Crippen LogP contribution is 2.11. The van der Waals surface area contributed by atoms with Gasteiger partial charge >= 0.3 is 0 Å². The van der Waals surface area contributed by atoms with E-state index in [2.05, 4.69) is 50.8 Å². The number of hydrogen-bond donors (Lipinski definition) is 0. The zero-order valence-electron chi connectivity index (χ0n) is 12.9. The summed E-state index contributed by atoms with van der Waals surface area (Å²) in [7, 11) is 0. The zero-order chi connectivity index (χ0) is 13.9. The molecule has 0 bridgehead atoms. The molecule has 1 aromatic rings. The molecule has 0 aliphatic rings. The smallest absolute Gasteiger partial charge is 0.0343 e. The Kier molecular flexibility index (Phi) is 8.07. The van der Waals surface area contributed by atoms with Crippen molar-refractivity contribution in [2.75, 3.05) is 0 Å². The molecule has 1 aromatic carbocycles. The minimum Gasteiger partial charge on any atom is -0.103 e. The maximum Gasteiger partial charge on any atom is 0.0343 e. The molecule has 1 rings (SSSR count). The predicted molar refractivity (Wildman–Crippen MR) is 85.4 cm³/mol. The maximum atomic E-state index is 3.32. The predicted octanol–water partition coefficient (Wildman–Crippen LogP) is 5.60. The van der Waals surface area contributed by atoms with Crippen molar-refractivity contribution in [1.82, 2.24) is 0 Å². The second kappa shape index (κ2) is 9.68. The van der Waals surface area contributed by atoms with E-state index in [-0.39, 0.29) is 0 Å². The van der Waals surface area contributed by atoms with E-state index in [1.807, 2.05) is 0 Å². The van der Waals surface area contributed by atoms with E-state index in [0.29, 0.717) is 0 Å². The minimum absolute atomic E-state index is 0.906. The highest BCUT2D eigenvalue weighted by atomic mass is 14.0. The van der Waals surface area contributed by atoms with E-state index in [1.165, 1.54) is 55.2 Å². The van der Waals surface area contributed by atoms with Gasteiger partial charge in [-0.2, -0.15) is 0 Å². The van der Waals surface area contributed by atoms with E-state index in [0.717, 1.165) is 12.8 Å².